The SMILES string of the molecule is O=C(/C=C\c1ccc(I)cc1)NS(=O)(=O)/C=C/c1ccc(I)cc1. The number of nitrogens with one attached hydrogen (secondary N) is 1. The van der Waals surface area contributed by atoms with Gasteiger partial charge in [-0.2, -0.15) is 0 Å². The van der Waals surface area contributed by atoms with E-state index in [0.717, 1.165) is 23.7 Å². The van der Waals surface area contributed by atoms with Gasteiger partial charge in [-0.15, -0.1) is 0 Å². The third kappa shape index (κ3) is 6.73. The van der Waals surface area contributed by atoms with Crippen LogP contribution in [0.3, 0.4) is 0 Å². The molecule has 0 radical (unpaired) electrons. The summed E-state index contributed by atoms with van der Waals surface area (Å²) in [7, 11) is -3.83. The second-order valence-electron chi connectivity index (χ2n) is 4.75. The van der Waals surface area contributed by atoms with Crippen molar-refractivity contribution in [3.8, 4) is 0 Å². The maximum Gasteiger partial charge on any atom is 0.257 e. The van der Waals surface area contributed by atoms with Gasteiger partial charge in [-0.25, -0.2) is 13.1 Å². The van der Waals surface area contributed by atoms with Gasteiger partial charge >= 0.3 is 0 Å². The summed E-state index contributed by atoms with van der Waals surface area (Å²) in [6.45, 7) is 0. The third-order valence-electron chi connectivity index (χ3n) is 2.85. The Morgan fingerprint density at radius 1 is 0.833 bits per heavy atom. The monoisotopic (exact) mass is 565 g/mol. The number of benzene rings is 2. The standard InChI is InChI=1S/C17H13I2NO3S/c18-15-6-1-13(2-7-15)5-10-17(21)20-24(22,23)12-11-14-3-8-16(19)9-4-14/h1-12H,(H,20,21)/b10-5-,12-11+. The molecule has 0 bridgehead atoms. The fourth-order valence-corrected chi connectivity index (χ4v) is 3.17. The van der Waals surface area contributed by atoms with Crippen molar-refractivity contribution < 1.29 is 13.2 Å². The lowest BCUT2D eigenvalue weighted by molar-refractivity contribution is -0.114. The fourth-order valence-electron chi connectivity index (χ4n) is 1.70. The van der Waals surface area contributed by atoms with Gasteiger partial charge in [0.05, 0.1) is 5.41 Å². The summed E-state index contributed by atoms with van der Waals surface area (Å²) in [6, 6.07) is 14.8. The Hall–Kier alpha value is -1.20. The van der Waals surface area contributed by atoms with E-state index in [0.29, 0.717) is 0 Å². The third-order valence-corrected chi connectivity index (χ3v) is 5.27. The molecule has 0 saturated carbocycles. The molecule has 0 aromatic heterocycles. The first-order valence-corrected chi connectivity index (χ1v) is 10.5. The number of sulfonamides is 1. The van der Waals surface area contributed by atoms with Gasteiger partial charge in [0.2, 0.25) is 0 Å². The minimum absolute atomic E-state index is 0.694. The highest BCUT2D eigenvalue weighted by molar-refractivity contribution is 14.1. The molecule has 0 atom stereocenters. The summed E-state index contributed by atoms with van der Waals surface area (Å²) >= 11 is 4.35. The van der Waals surface area contributed by atoms with Gasteiger partial charge in [-0.05, 0) is 92.7 Å². The number of hydrogen-bond acceptors (Lipinski definition) is 3. The molecule has 1 amide bonds. The average molecular weight is 565 g/mol. The molecule has 0 aliphatic rings. The first-order chi connectivity index (χ1) is 11.3. The van der Waals surface area contributed by atoms with Crippen LogP contribution >= 0.6 is 45.2 Å². The van der Waals surface area contributed by atoms with Crippen LogP contribution < -0.4 is 4.72 Å². The Labute approximate surface area is 168 Å². The lowest BCUT2D eigenvalue weighted by Gasteiger charge is -2.00. The van der Waals surface area contributed by atoms with Crippen molar-refractivity contribution in [3.63, 3.8) is 0 Å². The zero-order valence-electron chi connectivity index (χ0n) is 12.3. The Kier molecular flexibility index (Phi) is 6.99. The number of halogens is 2. The lowest BCUT2D eigenvalue weighted by atomic mass is 10.2. The smallest absolute Gasteiger partial charge is 0.257 e. The molecule has 0 aliphatic heterocycles. The summed E-state index contributed by atoms with van der Waals surface area (Å²) < 4.78 is 27.9. The quantitative estimate of drug-likeness (QED) is 0.441. The van der Waals surface area contributed by atoms with E-state index in [2.05, 4.69) is 45.2 Å². The topological polar surface area (TPSA) is 63.2 Å². The van der Waals surface area contributed by atoms with Gasteiger partial charge in [0.1, 0.15) is 0 Å². The molecule has 7 heteroatoms. The maximum absolute atomic E-state index is 11.9. The first-order valence-electron chi connectivity index (χ1n) is 6.78. The minimum atomic E-state index is -3.83. The Morgan fingerprint density at radius 3 is 1.79 bits per heavy atom. The molecular weight excluding hydrogens is 552 g/mol. The predicted octanol–water partition coefficient (Wildman–Crippen LogP) is 4.03. The Morgan fingerprint density at radius 2 is 1.29 bits per heavy atom. The molecular formula is C17H13I2NO3S. The molecule has 0 fully saturated rings. The van der Waals surface area contributed by atoms with Crippen molar-refractivity contribution in [1.29, 1.82) is 0 Å². The zero-order chi connectivity index (χ0) is 17.6. The molecule has 0 heterocycles. The van der Waals surface area contributed by atoms with Crippen LogP contribution in [0.25, 0.3) is 12.2 Å². The van der Waals surface area contributed by atoms with Crippen LogP contribution in [0.1, 0.15) is 11.1 Å². The average Bonchev–Trinajstić information content (AvgIpc) is 2.53. The Balaban J connectivity index is 1.98. The molecule has 2 aromatic rings. The molecule has 24 heavy (non-hydrogen) atoms. The minimum Gasteiger partial charge on any atom is -0.269 e. The molecule has 4 nitrogen and oxygen atoms in total. The normalized spacial score (nSPS) is 11.9. The van der Waals surface area contributed by atoms with Gasteiger partial charge in [-0.1, -0.05) is 24.3 Å². The van der Waals surface area contributed by atoms with E-state index in [4.69, 9.17) is 0 Å². The first kappa shape index (κ1) is 19.1. The lowest BCUT2D eigenvalue weighted by Crippen LogP contribution is -2.26. The van der Waals surface area contributed by atoms with Crippen LogP contribution in [0.5, 0.6) is 0 Å². The van der Waals surface area contributed by atoms with E-state index >= 15 is 0 Å². The summed E-state index contributed by atoms with van der Waals surface area (Å²) in [5.41, 5.74) is 1.56. The van der Waals surface area contributed by atoms with Crippen LogP contribution in [0.15, 0.2) is 60.0 Å². The van der Waals surface area contributed by atoms with E-state index in [1.807, 2.05) is 41.1 Å². The van der Waals surface area contributed by atoms with Crippen LogP contribution in [0.4, 0.5) is 0 Å². The van der Waals surface area contributed by atoms with Crippen LogP contribution in [-0.2, 0) is 14.8 Å². The van der Waals surface area contributed by atoms with Gasteiger partial charge in [0.15, 0.2) is 0 Å². The molecule has 0 saturated heterocycles. The van der Waals surface area contributed by atoms with Crippen molar-refractivity contribution in [3.05, 3.63) is 78.3 Å². The molecule has 124 valence electrons. The molecule has 2 rings (SSSR count). The number of hydrogen-bond donors (Lipinski definition) is 1. The van der Waals surface area contributed by atoms with Crippen molar-refractivity contribution in [1.82, 2.24) is 4.72 Å². The molecule has 0 aliphatic carbocycles. The Bertz CT molecular complexity index is 871. The van der Waals surface area contributed by atoms with E-state index in [1.165, 1.54) is 12.2 Å². The highest BCUT2D eigenvalue weighted by Gasteiger charge is 2.08. The summed E-state index contributed by atoms with van der Waals surface area (Å²) in [6.07, 6.45) is 4.19. The number of carbonyl (C=O) groups excluding carboxylic acids is 1. The highest BCUT2D eigenvalue weighted by atomic mass is 127. The molecule has 0 spiro atoms. The summed E-state index contributed by atoms with van der Waals surface area (Å²) in [5, 5.41) is 0.978. The maximum atomic E-state index is 11.9. The summed E-state index contributed by atoms with van der Waals surface area (Å²) in [4.78, 5) is 11.7. The second kappa shape index (κ2) is 8.77. The van der Waals surface area contributed by atoms with Crippen LogP contribution in [0, 0.1) is 7.14 Å². The number of rotatable bonds is 5. The van der Waals surface area contributed by atoms with Crippen LogP contribution in [-0.4, -0.2) is 14.3 Å². The zero-order valence-corrected chi connectivity index (χ0v) is 17.4. The second-order valence-corrected chi connectivity index (χ2v) is 8.81. The van der Waals surface area contributed by atoms with E-state index in [-0.39, 0.29) is 0 Å². The van der Waals surface area contributed by atoms with E-state index in [9.17, 15) is 13.2 Å². The highest BCUT2D eigenvalue weighted by Crippen LogP contribution is 2.09. The van der Waals surface area contributed by atoms with E-state index in [1.54, 1.807) is 18.2 Å². The van der Waals surface area contributed by atoms with Gasteiger partial charge < -0.3 is 0 Å². The number of amides is 1. The van der Waals surface area contributed by atoms with Gasteiger partial charge in [-0.3, -0.25) is 4.79 Å². The molecule has 0 unspecified atom stereocenters. The van der Waals surface area contributed by atoms with Crippen molar-refractivity contribution in [2.45, 2.75) is 0 Å². The van der Waals surface area contributed by atoms with Gasteiger partial charge in [0.25, 0.3) is 15.9 Å². The molecule has 1 N–H and O–H groups in total. The van der Waals surface area contributed by atoms with Crippen molar-refractivity contribution in [2.75, 3.05) is 0 Å². The van der Waals surface area contributed by atoms with Crippen molar-refractivity contribution >= 4 is 73.3 Å². The summed E-state index contributed by atoms with van der Waals surface area (Å²) in [5.74, 6) is -0.694. The largest absolute Gasteiger partial charge is 0.269 e. The fraction of sp³-hybridized carbons (Fsp3) is 0. The number of carbonyl (C=O) groups is 1. The van der Waals surface area contributed by atoms with Crippen LogP contribution in [0.2, 0.25) is 0 Å². The van der Waals surface area contributed by atoms with Crippen molar-refractivity contribution in [2.24, 2.45) is 0 Å². The predicted molar refractivity (Wildman–Crippen MR) is 113 cm³/mol. The van der Waals surface area contributed by atoms with Gasteiger partial charge in [0, 0.05) is 13.2 Å². The molecule has 2 aromatic carbocycles. The van der Waals surface area contributed by atoms with E-state index < -0.39 is 15.9 Å².